The molecule has 0 heterocycles. The molecule has 4 saturated carbocycles. The number of thiol groups is 1. The lowest BCUT2D eigenvalue weighted by atomic mass is 9.47. The fourth-order valence-electron chi connectivity index (χ4n) is 6.86. The lowest BCUT2D eigenvalue weighted by molar-refractivity contribution is -0.00555. The Bertz CT molecular complexity index is 864. The Labute approximate surface area is 173 Å². The molecule has 0 atom stereocenters. The van der Waals surface area contributed by atoms with Crippen molar-refractivity contribution in [3.05, 3.63) is 64.7 Å². The Balaban J connectivity index is 1.58. The Morgan fingerprint density at radius 2 is 1.61 bits per heavy atom. The van der Waals surface area contributed by atoms with Crippen LogP contribution in [0.25, 0.3) is 0 Å². The van der Waals surface area contributed by atoms with Crippen molar-refractivity contribution in [3.8, 4) is 5.75 Å². The number of hydrogen-bond acceptors (Lipinski definition) is 2. The Morgan fingerprint density at radius 3 is 2.14 bits per heavy atom. The standard InChI is InChI=1S/C25H28O2S/c1-27-20-7-5-16(6-8-20)12-22-21(24(26)28)3-2-4-23(22)25-13-17-9-18(14-25)11-19(10-17)15-25/h2-8,17-19H,9-15H2,1H3,(H,26,28). The quantitative estimate of drug-likeness (QED) is 0.649. The fraction of sp³-hybridized carbons (Fsp3) is 0.480. The Hall–Kier alpha value is -1.74. The average Bonchev–Trinajstić information content (AvgIpc) is 2.67. The summed E-state index contributed by atoms with van der Waals surface area (Å²) < 4.78 is 5.30. The second-order valence-corrected chi connectivity index (χ2v) is 9.77. The van der Waals surface area contributed by atoms with E-state index in [1.165, 1.54) is 55.2 Å². The van der Waals surface area contributed by atoms with Gasteiger partial charge in [0.05, 0.1) is 7.11 Å². The largest absolute Gasteiger partial charge is 0.497 e. The molecule has 0 unspecified atom stereocenters. The third-order valence-electron chi connectivity index (χ3n) is 7.56. The number of carbonyl (C=O) groups excluding carboxylic acids is 1. The zero-order chi connectivity index (χ0) is 19.3. The molecule has 146 valence electrons. The predicted octanol–water partition coefficient (Wildman–Crippen LogP) is 5.82. The van der Waals surface area contributed by atoms with Crippen molar-refractivity contribution in [1.29, 1.82) is 0 Å². The second kappa shape index (κ2) is 6.95. The maximum Gasteiger partial charge on any atom is 0.216 e. The molecular weight excluding hydrogens is 364 g/mol. The van der Waals surface area contributed by atoms with Crippen molar-refractivity contribution in [2.45, 2.75) is 50.4 Å². The lowest BCUT2D eigenvalue weighted by Gasteiger charge is -2.57. The van der Waals surface area contributed by atoms with Crippen LogP contribution in [0, 0.1) is 17.8 Å². The molecule has 0 aliphatic heterocycles. The molecule has 2 nitrogen and oxygen atoms in total. The van der Waals surface area contributed by atoms with Gasteiger partial charge >= 0.3 is 0 Å². The van der Waals surface area contributed by atoms with E-state index in [1.807, 2.05) is 18.2 Å². The summed E-state index contributed by atoms with van der Waals surface area (Å²) in [6.07, 6.45) is 8.98. The highest BCUT2D eigenvalue weighted by Gasteiger charge is 2.52. The summed E-state index contributed by atoms with van der Waals surface area (Å²) in [6.45, 7) is 0. The van der Waals surface area contributed by atoms with Crippen LogP contribution in [0.5, 0.6) is 5.75 Å². The second-order valence-electron chi connectivity index (χ2n) is 9.36. The van der Waals surface area contributed by atoms with Gasteiger partial charge in [0.1, 0.15) is 5.75 Å². The van der Waals surface area contributed by atoms with Crippen LogP contribution in [0.15, 0.2) is 42.5 Å². The van der Waals surface area contributed by atoms with E-state index in [2.05, 4.69) is 36.9 Å². The molecule has 28 heavy (non-hydrogen) atoms. The third kappa shape index (κ3) is 3.08. The topological polar surface area (TPSA) is 26.3 Å². The molecule has 0 spiro atoms. The van der Waals surface area contributed by atoms with Crippen LogP contribution in [0.3, 0.4) is 0 Å². The van der Waals surface area contributed by atoms with Crippen molar-refractivity contribution >= 4 is 17.7 Å². The van der Waals surface area contributed by atoms with Gasteiger partial charge in [-0.1, -0.05) is 30.3 Å². The summed E-state index contributed by atoms with van der Waals surface area (Å²) in [4.78, 5) is 12.4. The molecule has 2 aromatic carbocycles. The molecule has 6 rings (SSSR count). The maximum atomic E-state index is 12.4. The van der Waals surface area contributed by atoms with Gasteiger partial charge in [-0.3, -0.25) is 4.79 Å². The first-order chi connectivity index (χ1) is 13.6. The van der Waals surface area contributed by atoms with E-state index < -0.39 is 0 Å². The smallest absolute Gasteiger partial charge is 0.216 e. The number of ether oxygens (including phenoxy) is 1. The SMILES string of the molecule is COc1ccc(Cc2c(C(=O)S)cccc2C23CC4CC(CC(C4)C2)C3)cc1. The van der Waals surface area contributed by atoms with E-state index in [1.54, 1.807) is 7.11 Å². The first-order valence-electron chi connectivity index (χ1n) is 10.5. The first-order valence-corrected chi connectivity index (χ1v) is 11.0. The predicted molar refractivity (Wildman–Crippen MR) is 115 cm³/mol. The summed E-state index contributed by atoms with van der Waals surface area (Å²) in [6, 6.07) is 14.6. The van der Waals surface area contributed by atoms with E-state index >= 15 is 0 Å². The van der Waals surface area contributed by atoms with Gasteiger partial charge in [0.2, 0.25) is 5.12 Å². The molecule has 4 aliphatic rings. The van der Waals surface area contributed by atoms with Crippen LogP contribution < -0.4 is 4.74 Å². The Morgan fingerprint density at radius 1 is 1.00 bits per heavy atom. The number of rotatable bonds is 5. The van der Waals surface area contributed by atoms with E-state index in [4.69, 9.17) is 4.74 Å². The van der Waals surface area contributed by atoms with Crippen LogP contribution in [-0.2, 0) is 11.8 Å². The molecule has 0 aromatic heterocycles. The molecule has 4 aliphatic carbocycles. The van der Waals surface area contributed by atoms with E-state index in [0.29, 0.717) is 0 Å². The molecule has 2 aromatic rings. The van der Waals surface area contributed by atoms with Crippen molar-refractivity contribution in [2.24, 2.45) is 17.8 Å². The van der Waals surface area contributed by atoms with Crippen LogP contribution in [0.2, 0.25) is 0 Å². The number of carbonyl (C=O) groups is 1. The van der Waals surface area contributed by atoms with Gasteiger partial charge in [-0.25, -0.2) is 0 Å². The molecule has 4 fully saturated rings. The fourth-order valence-corrected chi connectivity index (χ4v) is 7.07. The van der Waals surface area contributed by atoms with Gasteiger partial charge < -0.3 is 4.74 Å². The van der Waals surface area contributed by atoms with Gasteiger partial charge in [0.25, 0.3) is 0 Å². The van der Waals surface area contributed by atoms with Crippen molar-refractivity contribution in [1.82, 2.24) is 0 Å². The lowest BCUT2D eigenvalue weighted by Crippen LogP contribution is -2.49. The minimum Gasteiger partial charge on any atom is -0.497 e. The highest BCUT2D eigenvalue weighted by molar-refractivity contribution is 7.97. The third-order valence-corrected chi connectivity index (χ3v) is 7.80. The van der Waals surface area contributed by atoms with Gasteiger partial charge in [-0.15, -0.1) is 12.6 Å². The van der Waals surface area contributed by atoms with Gasteiger partial charge in [-0.2, -0.15) is 0 Å². The highest BCUT2D eigenvalue weighted by atomic mass is 32.1. The van der Waals surface area contributed by atoms with Crippen molar-refractivity contribution in [3.63, 3.8) is 0 Å². The number of methoxy groups -OCH3 is 1. The summed E-state index contributed by atoms with van der Waals surface area (Å²) >= 11 is 4.22. The molecule has 4 bridgehead atoms. The highest BCUT2D eigenvalue weighted by Crippen LogP contribution is 2.61. The summed E-state index contributed by atoms with van der Waals surface area (Å²) in [5, 5.41) is -0.116. The average molecular weight is 393 g/mol. The van der Waals surface area contributed by atoms with Crippen LogP contribution in [0.1, 0.15) is 65.6 Å². The van der Waals surface area contributed by atoms with E-state index in [0.717, 1.165) is 35.5 Å². The molecule has 0 radical (unpaired) electrons. The summed E-state index contributed by atoms with van der Waals surface area (Å²) in [5.41, 5.74) is 4.91. The van der Waals surface area contributed by atoms with Gasteiger partial charge in [0, 0.05) is 5.56 Å². The summed E-state index contributed by atoms with van der Waals surface area (Å²) in [7, 11) is 1.69. The normalized spacial score (nSPS) is 30.4. The summed E-state index contributed by atoms with van der Waals surface area (Å²) in [5.74, 6) is 3.52. The number of benzene rings is 2. The van der Waals surface area contributed by atoms with Crippen LogP contribution in [0.4, 0.5) is 0 Å². The zero-order valence-corrected chi connectivity index (χ0v) is 17.4. The zero-order valence-electron chi connectivity index (χ0n) is 16.5. The molecular formula is C25H28O2S. The molecule has 0 amide bonds. The van der Waals surface area contributed by atoms with E-state index in [-0.39, 0.29) is 10.5 Å². The maximum absolute atomic E-state index is 12.4. The van der Waals surface area contributed by atoms with Gasteiger partial charge in [-0.05, 0) is 96.9 Å². The van der Waals surface area contributed by atoms with Crippen molar-refractivity contribution in [2.75, 3.05) is 7.11 Å². The Kier molecular flexibility index (Phi) is 4.54. The first kappa shape index (κ1) is 18.3. The van der Waals surface area contributed by atoms with Crippen LogP contribution in [-0.4, -0.2) is 12.2 Å². The molecule has 3 heteroatoms. The van der Waals surface area contributed by atoms with Crippen molar-refractivity contribution < 1.29 is 9.53 Å². The number of hydrogen-bond donors (Lipinski definition) is 1. The van der Waals surface area contributed by atoms with Gasteiger partial charge in [0.15, 0.2) is 0 Å². The molecule has 0 N–H and O–H groups in total. The minimum atomic E-state index is -0.116. The molecule has 0 saturated heterocycles. The minimum absolute atomic E-state index is 0.116. The van der Waals surface area contributed by atoms with Crippen LogP contribution >= 0.6 is 12.6 Å². The monoisotopic (exact) mass is 392 g/mol. The van der Waals surface area contributed by atoms with E-state index in [9.17, 15) is 4.79 Å².